The summed E-state index contributed by atoms with van der Waals surface area (Å²) in [5.74, 6) is -2.06. The van der Waals surface area contributed by atoms with Crippen molar-refractivity contribution >= 4 is 35.2 Å². The Balaban J connectivity index is 0.000000409. The summed E-state index contributed by atoms with van der Waals surface area (Å²) >= 11 is 5.35. The number of carbonyl (C=O) groups is 3. The fourth-order valence-corrected chi connectivity index (χ4v) is 4.47. The summed E-state index contributed by atoms with van der Waals surface area (Å²) in [6.07, 6.45) is -4.28. The molecule has 0 bridgehead atoms. The first-order chi connectivity index (χ1) is 21.9. The third kappa shape index (κ3) is 8.94. The van der Waals surface area contributed by atoms with E-state index in [1.165, 1.54) is 47.4 Å². The number of benzene rings is 2. The molecule has 11 nitrogen and oxygen atoms in total. The molecule has 2 aromatic carbocycles. The van der Waals surface area contributed by atoms with Crippen LogP contribution >= 0.6 is 11.6 Å². The Kier molecular flexibility index (Phi) is 11.1. The molecule has 5 rings (SSSR count). The van der Waals surface area contributed by atoms with Crippen molar-refractivity contribution in [3.63, 3.8) is 0 Å². The van der Waals surface area contributed by atoms with E-state index in [0.29, 0.717) is 30.9 Å². The molecule has 0 radical (unpaired) electrons. The molecular weight excluding hydrogens is 634 g/mol. The summed E-state index contributed by atoms with van der Waals surface area (Å²) in [5, 5.41) is 25.9. The van der Waals surface area contributed by atoms with Gasteiger partial charge in [0.05, 0.1) is 11.1 Å². The van der Waals surface area contributed by atoms with Gasteiger partial charge in [-0.3, -0.25) is 9.59 Å². The fraction of sp³-hybridized carbons (Fsp3) is 0.233. The first-order valence-corrected chi connectivity index (χ1v) is 14.1. The largest absolute Gasteiger partial charge is 0.476 e. The monoisotopic (exact) mass is 659 g/mol. The molecule has 2 N–H and O–H groups in total. The van der Waals surface area contributed by atoms with E-state index >= 15 is 0 Å². The van der Waals surface area contributed by atoms with Gasteiger partial charge in [0.25, 0.3) is 11.8 Å². The molecule has 46 heavy (non-hydrogen) atoms. The van der Waals surface area contributed by atoms with Gasteiger partial charge in [-0.2, -0.15) is 13.2 Å². The van der Waals surface area contributed by atoms with Crippen LogP contribution in [0.1, 0.15) is 42.5 Å². The van der Waals surface area contributed by atoms with Crippen LogP contribution in [0.2, 0.25) is 5.15 Å². The van der Waals surface area contributed by atoms with E-state index in [-0.39, 0.29) is 47.6 Å². The number of nitrogens with zero attached hydrogens (tertiary/aromatic N) is 6. The number of aromatic carboxylic acids is 1. The third-order valence-electron chi connectivity index (χ3n) is 6.73. The van der Waals surface area contributed by atoms with E-state index in [2.05, 4.69) is 25.7 Å². The Morgan fingerprint density at radius 1 is 0.826 bits per heavy atom. The van der Waals surface area contributed by atoms with Gasteiger partial charge in [-0.05, 0) is 54.4 Å². The number of piperazine rings is 1. The summed E-state index contributed by atoms with van der Waals surface area (Å²) in [5.41, 5.74) is -0.831. The number of aromatic nitrogens is 4. The molecule has 0 unspecified atom stereocenters. The molecule has 2 amide bonds. The summed E-state index contributed by atoms with van der Waals surface area (Å²) in [4.78, 5) is 38.4. The van der Waals surface area contributed by atoms with Crippen molar-refractivity contribution in [2.75, 3.05) is 37.6 Å². The van der Waals surface area contributed by atoms with Gasteiger partial charge in [0.1, 0.15) is 5.82 Å². The molecular formula is C30H26ClF4N7O4. The van der Waals surface area contributed by atoms with Gasteiger partial charge in [-0.15, -0.1) is 20.4 Å². The van der Waals surface area contributed by atoms with Crippen molar-refractivity contribution in [2.24, 2.45) is 0 Å². The van der Waals surface area contributed by atoms with Crippen molar-refractivity contribution in [3.8, 4) is 0 Å². The molecule has 0 saturated carbocycles. The number of hydrogen-bond acceptors (Lipinski definition) is 8. The number of carbonyl (C=O) groups excluding carboxylic acids is 2. The molecule has 16 heteroatoms. The van der Waals surface area contributed by atoms with E-state index in [0.717, 1.165) is 6.07 Å². The maximum atomic E-state index is 13.7. The number of amides is 2. The molecule has 0 atom stereocenters. The lowest BCUT2D eigenvalue weighted by Gasteiger charge is -2.35. The van der Waals surface area contributed by atoms with Crippen LogP contribution in [0.4, 0.5) is 23.4 Å². The number of hydrogen-bond donors (Lipinski definition) is 2. The van der Waals surface area contributed by atoms with E-state index < -0.39 is 29.5 Å². The second kappa shape index (κ2) is 15.2. The SMILES string of the molecule is O=C(NCCc1ccccc1F)c1ccc(N2CCN(C(=O)c3ccccc3C(F)(F)F)CC2)nn1.O=C(O)c1ccc(Cl)nn1. The van der Waals surface area contributed by atoms with Crippen molar-refractivity contribution in [2.45, 2.75) is 12.6 Å². The Labute approximate surface area is 264 Å². The fourth-order valence-electron chi connectivity index (χ4n) is 4.37. The predicted molar refractivity (Wildman–Crippen MR) is 158 cm³/mol. The molecule has 2 aromatic heterocycles. The highest BCUT2D eigenvalue weighted by molar-refractivity contribution is 6.29. The summed E-state index contributed by atoms with van der Waals surface area (Å²) in [7, 11) is 0. The van der Waals surface area contributed by atoms with Gasteiger partial charge < -0.3 is 20.2 Å². The Morgan fingerprint density at radius 2 is 1.48 bits per heavy atom. The van der Waals surface area contributed by atoms with Crippen LogP contribution in [0.3, 0.4) is 0 Å². The number of alkyl halides is 3. The molecule has 1 aliphatic rings. The molecule has 3 heterocycles. The summed E-state index contributed by atoms with van der Waals surface area (Å²) in [6, 6.07) is 16.9. The number of nitrogens with one attached hydrogen (secondary N) is 1. The van der Waals surface area contributed by atoms with Gasteiger partial charge in [-0.1, -0.05) is 41.9 Å². The zero-order valence-corrected chi connectivity index (χ0v) is 24.7. The van der Waals surface area contributed by atoms with Gasteiger partial charge in [-0.25, -0.2) is 9.18 Å². The number of anilines is 1. The molecule has 240 valence electrons. The lowest BCUT2D eigenvalue weighted by atomic mass is 10.1. The first-order valence-electron chi connectivity index (χ1n) is 13.7. The number of rotatable bonds is 7. The molecule has 1 saturated heterocycles. The third-order valence-corrected chi connectivity index (χ3v) is 6.93. The normalized spacial score (nSPS) is 13.0. The predicted octanol–water partition coefficient (Wildman–Crippen LogP) is 4.40. The second-order valence-electron chi connectivity index (χ2n) is 9.74. The number of carboxylic acids is 1. The van der Waals surface area contributed by atoms with Crippen LogP contribution in [-0.4, -0.2) is 80.9 Å². The highest BCUT2D eigenvalue weighted by Gasteiger charge is 2.36. The minimum atomic E-state index is -4.62. The number of halogens is 5. The standard InChI is InChI=1S/C25H23F4N5O2.C5H3ClN2O2/c26-20-8-4-1-5-17(20)11-12-30-23(35)21-9-10-22(32-31-21)33-13-15-34(16-14-33)24(36)18-6-2-3-7-19(18)25(27,28)29;6-4-2-1-3(5(9)10)7-8-4/h1-10H,11-16H2,(H,30,35);1-2H,(H,9,10). The minimum Gasteiger partial charge on any atom is -0.476 e. The summed E-state index contributed by atoms with van der Waals surface area (Å²) in [6.45, 7) is 1.36. The van der Waals surface area contributed by atoms with Crippen LogP contribution in [-0.2, 0) is 12.6 Å². The van der Waals surface area contributed by atoms with Gasteiger partial charge in [0, 0.05) is 32.7 Å². The summed E-state index contributed by atoms with van der Waals surface area (Å²) < 4.78 is 53.5. The topological polar surface area (TPSA) is 142 Å². The Morgan fingerprint density at radius 3 is 2.09 bits per heavy atom. The van der Waals surface area contributed by atoms with Crippen molar-refractivity contribution in [3.05, 3.63) is 112 Å². The second-order valence-corrected chi connectivity index (χ2v) is 10.1. The van der Waals surface area contributed by atoms with E-state index in [4.69, 9.17) is 16.7 Å². The lowest BCUT2D eigenvalue weighted by molar-refractivity contribution is -0.138. The quantitative estimate of drug-likeness (QED) is 0.276. The lowest BCUT2D eigenvalue weighted by Crippen LogP contribution is -2.49. The van der Waals surface area contributed by atoms with Crippen LogP contribution in [0.25, 0.3) is 0 Å². The minimum absolute atomic E-state index is 0.102. The van der Waals surface area contributed by atoms with E-state index in [9.17, 15) is 31.9 Å². The first kappa shape index (κ1) is 33.7. The Bertz CT molecular complexity index is 1670. The van der Waals surface area contributed by atoms with Crippen LogP contribution < -0.4 is 10.2 Å². The average Bonchev–Trinajstić information content (AvgIpc) is 3.05. The maximum absolute atomic E-state index is 13.7. The van der Waals surface area contributed by atoms with Gasteiger partial charge in [0.15, 0.2) is 22.4 Å². The Hall–Kier alpha value is -5.18. The van der Waals surface area contributed by atoms with Crippen molar-refractivity contribution in [1.82, 2.24) is 30.6 Å². The van der Waals surface area contributed by atoms with Crippen molar-refractivity contribution in [1.29, 1.82) is 0 Å². The molecule has 1 aliphatic heterocycles. The van der Waals surface area contributed by atoms with Crippen LogP contribution in [0.5, 0.6) is 0 Å². The molecule has 1 fully saturated rings. The van der Waals surface area contributed by atoms with Gasteiger partial charge >= 0.3 is 12.1 Å². The zero-order valence-electron chi connectivity index (χ0n) is 23.9. The molecule has 0 aliphatic carbocycles. The highest BCUT2D eigenvalue weighted by atomic mass is 35.5. The smallest absolute Gasteiger partial charge is 0.417 e. The van der Waals surface area contributed by atoms with Crippen LogP contribution in [0.15, 0.2) is 72.8 Å². The van der Waals surface area contributed by atoms with Gasteiger partial charge in [0.2, 0.25) is 0 Å². The van der Waals surface area contributed by atoms with E-state index in [1.54, 1.807) is 24.3 Å². The van der Waals surface area contributed by atoms with E-state index in [1.807, 2.05) is 4.90 Å². The molecule has 4 aromatic rings. The maximum Gasteiger partial charge on any atom is 0.417 e. The zero-order chi connectivity index (χ0) is 33.3. The van der Waals surface area contributed by atoms with Crippen molar-refractivity contribution < 1.29 is 37.1 Å². The average molecular weight is 660 g/mol. The molecule has 0 spiro atoms. The number of carboxylic acid groups (broad SMARTS) is 1. The van der Waals surface area contributed by atoms with Crippen LogP contribution in [0, 0.1) is 5.82 Å². The highest BCUT2D eigenvalue weighted by Crippen LogP contribution is 2.32.